The van der Waals surface area contributed by atoms with Crippen LogP contribution in [-0.2, 0) is 14.3 Å². The summed E-state index contributed by atoms with van der Waals surface area (Å²) in [6, 6.07) is 16.3. The van der Waals surface area contributed by atoms with Gasteiger partial charge in [0, 0.05) is 19.0 Å². The molecule has 186 valence electrons. The topological polar surface area (TPSA) is 105 Å². The third kappa shape index (κ3) is 5.66. The number of aliphatic carboxylic acids is 1. The minimum Gasteiger partial charge on any atom is -0.481 e. The van der Waals surface area contributed by atoms with Crippen LogP contribution in [0.2, 0.25) is 0 Å². The predicted octanol–water partition coefficient (Wildman–Crippen LogP) is 4.56. The van der Waals surface area contributed by atoms with Gasteiger partial charge in [0.15, 0.2) is 0 Å². The third-order valence-electron chi connectivity index (χ3n) is 7.38. The average molecular weight is 479 g/mol. The van der Waals surface area contributed by atoms with Crippen LogP contribution in [0.3, 0.4) is 0 Å². The third-order valence-corrected chi connectivity index (χ3v) is 7.38. The van der Waals surface area contributed by atoms with Gasteiger partial charge in [-0.3, -0.25) is 9.59 Å². The molecule has 0 aliphatic heterocycles. The Hall–Kier alpha value is -3.35. The molecule has 4 rings (SSSR count). The lowest BCUT2D eigenvalue weighted by atomic mass is 9.82. The second-order valence-electron chi connectivity index (χ2n) is 10.3. The predicted molar refractivity (Wildman–Crippen MR) is 133 cm³/mol. The first-order valence-corrected chi connectivity index (χ1v) is 12.4. The quantitative estimate of drug-likeness (QED) is 0.516. The van der Waals surface area contributed by atoms with Crippen LogP contribution in [0.25, 0.3) is 11.1 Å². The maximum Gasteiger partial charge on any atom is 0.407 e. The van der Waals surface area contributed by atoms with Crippen molar-refractivity contribution >= 4 is 18.0 Å². The van der Waals surface area contributed by atoms with Gasteiger partial charge >= 0.3 is 12.1 Å². The number of carboxylic acid groups (broad SMARTS) is 1. The minimum absolute atomic E-state index is 0.0133. The fourth-order valence-corrected chi connectivity index (χ4v) is 5.11. The first-order valence-electron chi connectivity index (χ1n) is 12.4. The Labute approximate surface area is 206 Å². The molecule has 0 atom stereocenters. The number of carboxylic acids is 1. The lowest BCUT2D eigenvalue weighted by Crippen LogP contribution is -2.46. The maximum absolute atomic E-state index is 12.7. The standard InChI is InChI=1S/C28H34N2O5/c1-28(2,26(33)29-15-18-11-13-19(14-12-18)25(31)32)17-30-27(34)35-16-24-22-9-5-3-7-20(22)21-8-4-6-10-23(21)24/h3-10,18-19,24H,11-17H2,1-2H3,(H,29,33)(H,30,34)(H,31,32). The van der Waals surface area contributed by atoms with Gasteiger partial charge in [-0.15, -0.1) is 0 Å². The number of hydrogen-bond acceptors (Lipinski definition) is 4. The number of alkyl carbamates (subject to hydrolysis) is 1. The van der Waals surface area contributed by atoms with Crippen LogP contribution in [0.5, 0.6) is 0 Å². The molecular weight excluding hydrogens is 444 g/mol. The van der Waals surface area contributed by atoms with Crippen LogP contribution in [-0.4, -0.2) is 42.8 Å². The molecule has 0 bridgehead atoms. The normalized spacial score (nSPS) is 19.4. The summed E-state index contributed by atoms with van der Waals surface area (Å²) in [5.74, 6) is -0.856. The van der Waals surface area contributed by atoms with Gasteiger partial charge in [-0.2, -0.15) is 0 Å². The number of ether oxygens (including phenoxy) is 1. The van der Waals surface area contributed by atoms with Crippen LogP contribution < -0.4 is 10.6 Å². The lowest BCUT2D eigenvalue weighted by Gasteiger charge is -2.29. The summed E-state index contributed by atoms with van der Waals surface area (Å²) >= 11 is 0. The molecule has 0 spiro atoms. The molecule has 0 heterocycles. The van der Waals surface area contributed by atoms with Crippen molar-refractivity contribution < 1.29 is 24.2 Å². The van der Waals surface area contributed by atoms with E-state index >= 15 is 0 Å². The molecule has 0 radical (unpaired) electrons. The molecule has 0 unspecified atom stereocenters. The summed E-state index contributed by atoms with van der Waals surface area (Å²) in [6.45, 7) is 4.48. The molecule has 2 aromatic carbocycles. The Bertz CT molecular complexity index is 1040. The molecule has 7 nitrogen and oxygen atoms in total. The van der Waals surface area contributed by atoms with E-state index in [0.29, 0.717) is 25.3 Å². The fourth-order valence-electron chi connectivity index (χ4n) is 5.11. The SMILES string of the molecule is CC(C)(CNC(=O)OCC1c2ccccc2-c2ccccc21)C(=O)NCC1CCC(C(=O)O)CC1. The van der Waals surface area contributed by atoms with Crippen LogP contribution in [0.4, 0.5) is 4.79 Å². The Morgan fingerprint density at radius 3 is 2.06 bits per heavy atom. The fraction of sp³-hybridized carbons (Fsp3) is 0.464. The summed E-state index contributed by atoms with van der Waals surface area (Å²) < 4.78 is 5.57. The molecule has 2 aliphatic rings. The second-order valence-corrected chi connectivity index (χ2v) is 10.3. The van der Waals surface area contributed by atoms with Gasteiger partial charge in [0.2, 0.25) is 5.91 Å². The Morgan fingerprint density at radius 2 is 1.49 bits per heavy atom. The van der Waals surface area contributed by atoms with E-state index in [-0.39, 0.29) is 30.9 Å². The van der Waals surface area contributed by atoms with Gasteiger partial charge < -0.3 is 20.5 Å². The Morgan fingerprint density at radius 1 is 0.914 bits per heavy atom. The monoisotopic (exact) mass is 478 g/mol. The number of benzene rings is 2. The molecule has 7 heteroatoms. The Kier molecular flexibility index (Phi) is 7.43. The van der Waals surface area contributed by atoms with E-state index in [9.17, 15) is 14.4 Å². The Balaban J connectivity index is 1.23. The van der Waals surface area contributed by atoms with Gasteiger partial charge in [-0.25, -0.2) is 4.79 Å². The van der Waals surface area contributed by atoms with E-state index in [1.807, 2.05) is 24.3 Å². The van der Waals surface area contributed by atoms with Crippen LogP contribution in [0, 0.1) is 17.3 Å². The minimum atomic E-state index is -0.802. The summed E-state index contributed by atoms with van der Waals surface area (Å²) in [6.07, 6.45) is 2.37. The van der Waals surface area contributed by atoms with E-state index in [4.69, 9.17) is 9.84 Å². The first kappa shape index (κ1) is 24.8. The van der Waals surface area contributed by atoms with Crippen molar-refractivity contribution in [1.82, 2.24) is 10.6 Å². The highest BCUT2D eigenvalue weighted by atomic mass is 16.5. The van der Waals surface area contributed by atoms with Gasteiger partial charge in [-0.05, 0) is 67.7 Å². The van der Waals surface area contributed by atoms with E-state index in [1.54, 1.807) is 13.8 Å². The zero-order valence-electron chi connectivity index (χ0n) is 20.4. The molecule has 35 heavy (non-hydrogen) atoms. The summed E-state index contributed by atoms with van der Waals surface area (Å²) in [5.41, 5.74) is 3.85. The van der Waals surface area contributed by atoms with Crippen LogP contribution in [0.15, 0.2) is 48.5 Å². The zero-order chi connectivity index (χ0) is 25.0. The molecule has 2 amide bonds. The van der Waals surface area contributed by atoms with Crippen molar-refractivity contribution in [2.24, 2.45) is 17.3 Å². The van der Waals surface area contributed by atoms with E-state index in [0.717, 1.165) is 24.0 Å². The molecular formula is C28H34N2O5. The number of amides is 2. The zero-order valence-corrected chi connectivity index (χ0v) is 20.4. The average Bonchev–Trinajstić information content (AvgIpc) is 3.18. The molecule has 0 aromatic heterocycles. The van der Waals surface area contributed by atoms with Gasteiger partial charge in [0.25, 0.3) is 0 Å². The highest BCUT2D eigenvalue weighted by Crippen LogP contribution is 2.44. The van der Waals surface area contributed by atoms with Crippen LogP contribution >= 0.6 is 0 Å². The van der Waals surface area contributed by atoms with Crippen molar-refractivity contribution in [3.05, 3.63) is 59.7 Å². The molecule has 1 fully saturated rings. The number of nitrogens with one attached hydrogen (secondary N) is 2. The van der Waals surface area contributed by atoms with Crippen LogP contribution in [0.1, 0.15) is 56.6 Å². The molecule has 1 saturated carbocycles. The summed E-state index contributed by atoms with van der Waals surface area (Å²) in [7, 11) is 0. The lowest BCUT2D eigenvalue weighted by molar-refractivity contribution is -0.143. The van der Waals surface area contributed by atoms with Crippen molar-refractivity contribution in [3.8, 4) is 11.1 Å². The van der Waals surface area contributed by atoms with Crippen molar-refractivity contribution in [1.29, 1.82) is 0 Å². The summed E-state index contributed by atoms with van der Waals surface area (Å²) in [5, 5.41) is 14.9. The second kappa shape index (κ2) is 10.5. The van der Waals surface area contributed by atoms with Gasteiger partial charge in [0.1, 0.15) is 6.61 Å². The first-order chi connectivity index (χ1) is 16.8. The maximum atomic E-state index is 12.7. The number of rotatable bonds is 8. The van der Waals surface area contributed by atoms with Gasteiger partial charge in [-0.1, -0.05) is 48.5 Å². The molecule has 2 aromatic rings. The van der Waals surface area contributed by atoms with Gasteiger partial charge in [0.05, 0.1) is 11.3 Å². The van der Waals surface area contributed by atoms with Crippen molar-refractivity contribution in [2.45, 2.75) is 45.4 Å². The molecule has 0 saturated heterocycles. The molecule has 3 N–H and O–H groups in total. The summed E-state index contributed by atoms with van der Waals surface area (Å²) in [4.78, 5) is 36.3. The molecule has 2 aliphatic carbocycles. The highest BCUT2D eigenvalue weighted by Gasteiger charge is 2.32. The van der Waals surface area contributed by atoms with E-state index in [2.05, 4.69) is 34.9 Å². The largest absolute Gasteiger partial charge is 0.481 e. The number of carbonyl (C=O) groups is 3. The van der Waals surface area contributed by atoms with E-state index in [1.165, 1.54) is 11.1 Å². The van der Waals surface area contributed by atoms with Crippen molar-refractivity contribution in [3.63, 3.8) is 0 Å². The van der Waals surface area contributed by atoms with E-state index < -0.39 is 17.5 Å². The van der Waals surface area contributed by atoms with Crippen molar-refractivity contribution in [2.75, 3.05) is 19.7 Å². The number of hydrogen-bond donors (Lipinski definition) is 3. The smallest absolute Gasteiger partial charge is 0.407 e. The number of fused-ring (bicyclic) bond motifs is 3. The number of carbonyl (C=O) groups excluding carboxylic acids is 2. The highest BCUT2D eigenvalue weighted by molar-refractivity contribution is 5.83.